The maximum atomic E-state index is 13.1. The first kappa shape index (κ1) is 12.2. The molecule has 0 radical (unpaired) electrons. The van der Waals surface area contributed by atoms with Crippen LogP contribution >= 0.6 is 0 Å². The number of benzene rings is 1. The van der Waals surface area contributed by atoms with E-state index in [9.17, 15) is 4.39 Å². The first-order valence-electron chi connectivity index (χ1n) is 5.86. The van der Waals surface area contributed by atoms with Crippen LogP contribution in [0.2, 0.25) is 0 Å². The van der Waals surface area contributed by atoms with Crippen LogP contribution in [0.4, 0.5) is 10.2 Å². The van der Waals surface area contributed by atoms with Crippen LogP contribution in [0.3, 0.4) is 0 Å². The Morgan fingerprint density at radius 1 is 1.20 bits per heavy atom. The lowest BCUT2D eigenvalue weighted by Gasteiger charge is -1.96. The Morgan fingerprint density at radius 3 is 2.85 bits per heavy atom. The molecule has 20 heavy (non-hydrogen) atoms. The van der Waals surface area contributed by atoms with E-state index < -0.39 is 0 Å². The predicted molar refractivity (Wildman–Crippen MR) is 68.9 cm³/mol. The summed E-state index contributed by atoms with van der Waals surface area (Å²) in [5, 5.41) is 3.83. The maximum absolute atomic E-state index is 13.1. The summed E-state index contributed by atoms with van der Waals surface area (Å²) in [6.45, 7) is 0. The quantitative estimate of drug-likeness (QED) is 0.781. The van der Waals surface area contributed by atoms with E-state index in [1.807, 2.05) is 0 Å². The van der Waals surface area contributed by atoms with Gasteiger partial charge in [-0.25, -0.2) is 14.4 Å². The number of nitrogens with zero attached hydrogens (tertiary/aromatic N) is 4. The zero-order valence-electron chi connectivity index (χ0n) is 10.3. The highest BCUT2D eigenvalue weighted by Gasteiger charge is 2.14. The molecule has 1 aromatic carbocycles. The van der Waals surface area contributed by atoms with Gasteiger partial charge in [0.25, 0.3) is 5.89 Å². The number of aromatic nitrogens is 4. The Balaban J connectivity index is 1.86. The SMILES string of the molecule is Nc1nccnc1-c1nc(Cc2cccc(F)c2)no1. The molecule has 3 aromatic rings. The Bertz CT molecular complexity index is 743. The Morgan fingerprint density at radius 2 is 2.05 bits per heavy atom. The molecule has 0 atom stereocenters. The normalized spacial score (nSPS) is 10.7. The van der Waals surface area contributed by atoms with Gasteiger partial charge in [-0.3, -0.25) is 0 Å². The molecule has 3 rings (SSSR count). The largest absolute Gasteiger partial charge is 0.382 e. The van der Waals surface area contributed by atoms with Gasteiger partial charge < -0.3 is 10.3 Å². The molecule has 100 valence electrons. The van der Waals surface area contributed by atoms with Gasteiger partial charge >= 0.3 is 0 Å². The fourth-order valence-corrected chi connectivity index (χ4v) is 1.77. The lowest BCUT2D eigenvalue weighted by atomic mass is 10.1. The summed E-state index contributed by atoms with van der Waals surface area (Å²) in [7, 11) is 0. The molecule has 0 amide bonds. The van der Waals surface area contributed by atoms with Crippen molar-refractivity contribution < 1.29 is 8.91 Å². The first-order valence-corrected chi connectivity index (χ1v) is 5.86. The second kappa shape index (κ2) is 5.04. The van der Waals surface area contributed by atoms with Gasteiger partial charge in [-0.2, -0.15) is 4.98 Å². The van der Waals surface area contributed by atoms with Crippen molar-refractivity contribution in [2.75, 3.05) is 5.73 Å². The van der Waals surface area contributed by atoms with Crippen molar-refractivity contribution in [3.05, 3.63) is 53.9 Å². The topological polar surface area (TPSA) is 90.7 Å². The van der Waals surface area contributed by atoms with E-state index >= 15 is 0 Å². The van der Waals surface area contributed by atoms with Gasteiger partial charge in [-0.15, -0.1) is 0 Å². The highest BCUT2D eigenvalue weighted by Crippen LogP contribution is 2.19. The average molecular weight is 271 g/mol. The van der Waals surface area contributed by atoms with Crippen LogP contribution in [0, 0.1) is 5.82 Å². The molecule has 6 nitrogen and oxygen atoms in total. The van der Waals surface area contributed by atoms with E-state index in [4.69, 9.17) is 10.3 Å². The van der Waals surface area contributed by atoms with Crippen LogP contribution in [-0.2, 0) is 6.42 Å². The van der Waals surface area contributed by atoms with Crippen molar-refractivity contribution in [1.82, 2.24) is 20.1 Å². The van der Waals surface area contributed by atoms with Gasteiger partial charge in [0.2, 0.25) is 0 Å². The third-order valence-corrected chi connectivity index (χ3v) is 2.65. The third kappa shape index (κ3) is 2.46. The highest BCUT2D eigenvalue weighted by molar-refractivity contribution is 5.61. The molecule has 0 aliphatic rings. The van der Waals surface area contributed by atoms with E-state index in [2.05, 4.69) is 20.1 Å². The summed E-state index contributed by atoms with van der Waals surface area (Å²) >= 11 is 0. The van der Waals surface area contributed by atoms with Gasteiger partial charge in [-0.05, 0) is 17.7 Å². The van der Waals surface area contributed by atoms with E-state index in [0.29, 0.717) is 17.9 Å². The molecule has 0 spiro atoms. The van der Waals surface area contributed by atoms with E-state index in [0.717, 1.165) is 5.56 Å². The molecule has 0 fully saturated rings. The summed E-state index contributed by atoms with van der Waals surface area (Å²) < 4.78 is 18.2. The van der Waals surface area contributed by atoms with E-state index in [1.165, 1.54) is 24.5 Å². The molecule has 0 saturated heterocycles. The molecule has 0 aliphatic carbocycles. The van der Waals surface area contributed by atoms with Crippen molar-refractivity contribution in [2.24, 2.45) is 0 Å². The minimum absolute atomic E-state index is 0.196. The van der Waals surface area contributed by atoms with Crippen LogP contribution in [0.15, 0.2) is 41.2 Å². The minimum atomic E-state index is -0.301. The second-order valence-corrected chi connectivity index (χ2v) is 4.11. The van der Waals surface area contributed by atoms with Crippen molar-refractivity contribution in [3.63, 3.8) is 0 Å². The van der Waals surface area contributed by atoms with Crippen molar-refractivity contribution in [3.8, 4) is 11.6 Å². The van der Waals surface area contributed by atoms with E-state index in [1.54, 1.807) is 12.1 Å². The van der Waals surface area contributed by atoms with Gasteiger partial charge in [0, 0.05) is 18.8 Å². The fourth-order valence-electron chi connectivity index (χ4n) is 1.77. The molecule has 2 N–H and O–H groups in total. The van der Waals surface area contributed by atoms with E-state index in [-0.39, 0.29) is 17.5 Å². The number of nitrogens with two attached hydrogens (primary N) is 1. The van der Waals surface area contributed by atoms with Crippen molar-refractivity contribution >= 4 is 5.82 Å². The Hall–Kier alpha value is -2.83. The van der Waals surface area contributed by atoms with Crippen LogP contribution < -0.4 is 5.73 Å². The molecule has 2 aromatic heterocycles. The summed E-state index contributed by atoms with van der Waals surface area (Å²) in [5.41, 5.74) is 6.78. The highest BCUT2D eigenvalue weighted by atomic mass is 19.1. The zero-order valence-corrected chi connectivity index (χ0v) is 10.3. The molecule has 0 saturated carbocycles. The Kier molecular flexibility index (Phi) is 3.08. The zero-order chi connectivity index (χ0) is 13.9. The number of anilines is 1. The fraction of sp³-hybridized carbons (Fsp3) is 0.0769. The molecule has 0 unspecified atom stereocenters. The number of hydrogen-bond donors (Lipinski definition) is 1. The molecule has 2 heterocycles. The van der Waals surface area contributed by atoms with Gasteiger partial charge in [0.15, 0.2) is 17.3 Å². The average Bonchev–Trinajstić information content (AvgIpc) is 2.87. The number of halogens is 1. The molecular weight excluding hydrogens is 261 g/mol. The standard InChI is InChI=1S/C13H10FN5O/c14-9-3-1-2-8(6-9)7-10-18-13(20-19-10)11-12(15)17-5-4-16-11/h1-6H,7H2,(H2,15,17). The third-order valence-electron chi connectivity index (χ3n) is 2.65. The summed E-state index contributed by atoms with van der Waals surface area (Å²) in [6.07, 6.45) is 3.33. The molecule has 7 heteroatoms. The monoisotopic (exact) mass is 271 g/mol. The van der Waals surface area contributed by atoms with Crippen LogP contribution in [-0.4, -0.2) is 20.1 Å². The van der Waals surface area contributed by atoms with Crippen LogP contribution in [0.1, 0.15) is 11.4 Å². The first-order chi connectivity index (χ1) is 9.72. The Labute approximate surface area is 113 Å². The smallest absolute Gasteiger partial charge is 0.280 e. The van der Waals surface area contributed by atoms with Crippen LogP contribution in [0.25, 0.3) is 11.6 Å². The number of hydrogen-bond acceptors (Lipinski definition) is 6. The number of rotatable bonds is 3. The second-order valence-electron chi connectivity index (χ2n) is 4.11. The predicted octanol–water partition coefficient (Wildman–Crippen LogP) is 1.84. The van der Waals surface area contributed by atoms with Crippen molar-refractivity contribution in [1.29, 1.82) is 0 Å². The van der Waals surface area contributed by atoms with Crippen molar-refractivity contribution in [2.45, 2.75) is 6.42 Å². The maximum Gasteiger partial charge on any atom is 0.280 e. The lowest BCUT2D eigenvalue weighted by Crippen LogP contribution is -1.96. The van der Waals surface area contributed by atoms with Gasteiger partial charge in [0.1, 0.15) is 5.82 Å². The number of nitrogen functional groups attached to an aromatic ring is 1. The van der Waals surface area contributed by atoms with Crippen LogP contribution in [0.5, 0.6) is 0 Å². The molecule has 0 bridgehead atoms. The van der Waals surface area contributed by atoms with Gasteiger partial charge in [-0.1, -0.05) is 17.3 Å². The molecule has 0 aliphatic heterocycles. The summed E-state index contributed by atoms with van der Waals surface area (Å²) in [5.74, 6) is 0.538. The summed E-state index contributed by atoms with van der Waals surface area (Å²) in [6, 6.07) is 6.22. The summed E-state index contributed by atoms with van der Waals surface area (Å²) in [4.78, 5) is 12.1. The van der Waals surface area contributed by atoms with Gasteiger partial charge in [0.05, 0.1) is 0 Å². The minimum Gasteiger partial charge on any atom is -0.382 e. The lowest BCUT2D eigenvalue weighted by molar-refractivity contribution is 0.422. The molecular formula is C13H10FN5O.